The van der Waals surface area contributed by atoms with Gasteiger partial charge >= 0.3 is 39.2 Å². The Balaban J connectivity index is 0.000000637. The minimum Gasteiger partial charge on any atom is -0.481 e. The number of hydrogen-bond donors (Lipinski definition) is 5. The molecule has 9 heterocycles. The molecule has 1 aromatic rings. The number of carbonyl (C=O) groups excluding carboxylic acids is 3. The third kappa shape index (κ3) is 25.7. The fourth-order valence-electron chi connectivity index (χ4n) is 14.0. The van der Waals surface area contributed by atoms with Gasteiger partial charge in [-0.05, 0) is 113 Å². The van der Waals surface area contributed by atoms with E-state index in [-0.39, 0.29) is 80.0 Å². The summed E-state index contributed by atoms with van der Waals surface area (Å²) in [7, 11) is -9.10. The second-order valence-corrected chi connectivity index (χ2v) is 35.8. The van der Waals surface area contributed by atoms with Gasteiger partial charge in [-0.2, -0.15) is 26.9 Å². The monoisotopic (exact) mass is 1590 g/mol. The normalized spacial score (nSPS) is 31.3. The number of hydrogen-bond acceptors (Lipinski definition) is 27. The maximum absolute atomic E-state index is 12.2. The molecule has 0 radical (unpaired) electrons. The molecule has 30 nitrogen and oxygen atoms in total. The van der Waals surface area contributed by atoms with Crippen molar-refractivity contribution in [1.82, 2.24) is 9.55 Å². The lowest BCUT2D eigenvalue weighted by Gasteiger charge is -2.33. The number of halogens is 4. The Kier molecular flexibility index (Phi) is 37.4. The molecule has 0 amide bonds. The molecule has 5 N–H and O–H groups in total. The van der Waals surface area contributed by atoms with Crippen LogP contribution < -0.4 is 11.2 Å². The zero-order valence-electron chi connectivity index (χ0n) is 68.5. The summed E-state index contributed by atoms with van der Waals surface area (Å²) < 4.78 is 156. The van der Waals surface area contributed by atoms with Crippen LogP contribution in [0.15, 0.2) is 15.8 Å². The van der Waals surface area contributed by atoms with Gasteiger partial charge in [0.25, 0.3) is 11.5 Å². The Morgan fingerprint density at radius 3 is 1.19 bits per heavy atom. The Morgan fingerprint density at radius 2 is 0.879 bits per heavy atom. The molecule has 107 heavy (non-hydrogen) atoms. The molecule has 0 bridgehead atoms. The number of alkyl halides is 4. The number of nitriles is 1. The number of H-pyrrole nitrogens is 1. The summed E-state index contributed by atoms with van der Waals surface area (Å²) in [4.78, 5) is 68.8. The van der Waals surface area contributed by atoms with Crippen LogP contribution >= 0.6 is 0 Å². The molecule has 1 aromatic heterocycles. The molecule has 16 atom stereocenters. The molecule has 9 rings (SSSR count). The SMILES string of the molecule is CC#N.CC(=O)O.CCC1(CC)OC(OC(C)=O)[C@H](OC(C)=O)[C@@H]1C.CCC1(CC)O[C@@H](n2cc(C)c(=O)[nH]c2=O)[C@H](OC(C)=O)[C@@H]1C.CCC1(CC)O[C@@H]2OC(C)(C)O[C@@H]2[C@@H]1C.CC[C@@]1(CO)O[C@@H]2OC(C)(C)O[C@@H]2[C@@H]1C.C[C@H]1[C@H]2OC(C)(C)O[C@H]2OC1(CO)CO.C[Si](C)(C)OS(=O)(=O)C(F)(F)F.[2H]CF. The van der Waals surface area contributed by atoms with Gasteiger partial charge < -0.3 is 90.6 Å². The molecule has 36 heteroatoms. The second-order valence-electron chi connectivity index (χ2n) is 29.5. The van der Waals surface area contributed by atoms with Gasteiger partial charge in [-0.15, -0.1) is 0 Å². The average molecular weight is 1590 g/mol. The van der Waals surface area contributed by atoms with Crippen LogP contribution in [0.25, 0.3) is 0 Å². The number of aliphatic hydroxyl groups excluding tert-OH is 3. The number of rotatable bonds is 16. The summed E-state index contributed by atoms with van der Waals surface area (Å²) in [5, 5.41) is 42.7. The number of aromatic nitrogens is 2. The first-order valence-electron chi connectivity index (χ1n) is 36.7. The van der Waals surface area contributed by atoms with E-state index in [9.17, 15) is 65.3 Å². The predicted molar refractivity (Wildman–Crippen MR) is 382 cm³/mol. The van der Waals surface area contributed by atoms with Crippen molar-refractivity contribution >= 4 is 42.3 Å². The molecule has 8 fully saturated rings. The highest BCUT2D eigenvalue weighted by molar-refractivity contribution is 7.88. The fourth-order valence-corrected chi connectivity index (χ4v) is 17.0. The van der Waals surface area contributed by atoms with Gasteiger partial charge in [-0.25, -0.2) is 4.79 Å². The summed E-state index contributed by atoms with van der Waals surface area (Å²) in [6.07, 6.45) is 3.42. The number of fused-ring (bicyclic) bond motifs is 3. The number of aryl methyl sites for hydroxylation is 1. The molecule has 0 aliphatic carbocycles. The van der Waals surface area contributed by atoms with Gasteiger partial charge in [-0.3, -0.25) is 37.9 Å². The summed E-state index contributed by atoms with van der Waals surface area (Å²) >= 11 is 0. The van der Waals surface area contributed by atoms with Gasteiger partial charge in [0.05, 0.1) is 56.8 Å². The van der Waals surface area contributed by atoms with E-state index in [0.29, 0.717) is 11.5 Å². The Labute approximate surface area is 630 Å². The number of carboxylic acid groups (broad SMARTS) is 1. The van der Waals surface area contributed by atoms with E-state index < -0.39 is 137 Å². The number of aliphatic hydroxyl groups is 3. The minimum absolute atomic E-state index is 0.0132. The molecule has 0 saturated carbocycles. The van der Waals surface area contributed by atoms with Crippen LogP contribution in [-0.4, -0.2) is 204 Å². The highest BCUT2D eigenvalue weighted by Crippen LogP contribution is 2.51. The maximum Gasteiger partial charge on any atom is 0.522 e. The van der Waals surface area contributed by atoms with E-state index in [1.807, 2.05) is 96.9 Å². The molecule has 624 valence electrons. The Bertz CT molecular complexity index is 3150. The fraction of sp³-hybridized carbons (Fsp3) is 0.873. The Hall–Kier alpha value is -4.66. The van der Waals surface area contributed by atoms with Crippen LogP contribution in [0.2, 0.25) is 19.6 Å². The van der Waals surface area contributed by atoms with Crippen LogP contribution in [0.1, 0.15) is 217 Å². The van der Waals surface area contributed by atoms with Crippen molar-refractivity contribution in [3.63, 3.8) is 0 Å². The highest BCUT2D eigenvalue weighted by Gasteiger charge is 2.62. The van der Waals surface area contributed by atoms with Gasteiger partial charge in [0.1, 0.15) is 23.9 Å². The average Bonchev–Trinajstić information content (AvgIpc) is 1.61. The van der Waals surface area contributed by atoms with Crippen molar-refractivity contribution in [1.29, 1.82) is 5.26 Å². The first-order valence-corrected chi connectivity index (χ1v) is 40.8. The van der Waals surface area contributed by atoms with Crippen LogP contribution in [-0.2, 0) is 99.5 Å². The van der Waals surface area contributed by atoms with E-state index in [0.717, 1.165) is 51.9 Å². The molecule has 0 aromatic carbocycles. The lowest BCUT2D eigenvalue weighted by Crippen LogP contribution is -2.45. The van der Waals surface area contributed by atoms with Gasteiger partial charge in [0.15, 0.2) is 54.7 Å². The molecule has 0 spiro atoms. The van der Waals surface area contributed by atoms with Gasteiger partial charge in [-0.1, -0.05) is 83.1 Å². The molecular formula is C71H125F4N3O27SSi. The largest absolute Gasteiger partial charge is 0.522 e. The summed E-state index contributed by atoms with van der Waals surface area (Å²) in [6, 6.07) is 1.75. The smallest absolute Gasteiger partial charge is 0.481 e. The lowest BCUT2D eigenvalue weighted by atomic mass is 9.83. The van der Waals surface area contributed by atoms with Crippen LogP contribution in [0.4, 0.5) is 17.6 Å². The number of aliphatic carboxylic acids is 1. The zero-order valence-corrected chi connectivity index (χ0v) is 69.3. The molecular weight excluding hydrogens is 1460 g/mol. The molecule has 8 aliphatic rings. The summed E-state index contributed by atoms with van der Waals surface area (Å²) in [5.74, 6) is -3.43. The van der Waals surface area contributed by atoms with Crippen molar-refractivity contribution in [3.8, 4) is 6.07 Å². The third-order valence-electron chi connectivity index (χ3n) is 20.1. The topological polar surface area (TPSA) is 400 Å². The molecule has 8 aliphatic heterocycles. The van der Waals surface area contributed by atoms with E-state index >= 15 is 0 Å². The zero-order chi connectivity index (χ0) is 84.3. The number of carboxylic acids is 1. The summed E-state index contributed by atoms with van der Waals surface area (Å²) in [5.41, 5.74) is -8.28. The van der Waals surface area contributed by atoms with Gasteiger partial charge in [0, 0.05) is 76.0 Å². The highest BCUT2D eigenvalue weighted by atomic mass is 32.2. The van der Waals surface area contributed by atoms with E-state index in [1.54, 1.807) is 13.0 Å². The third-order valence-corrected chi connectivity index (χ3v) is 23.6. The van der Waals surface area contributed by atoms with Crippen molar-refractivity contribution in [2.45, 2.75) is 344 Å². The van der Waals surface area contributed by atoms with E-state index in [4.69, 9.17) is 82.8 Å². The van der Waals surface area contributed by atoms with Gasteiger partial charge in [0.2, 0.25) is 14.6 Å². The predicted octanol–water partition coefficient (Wildman–Crippen LogP) is 10.2. The van der Waals surface area contributed by atoms with Crippen molar-refractivity contribution in [2.24, 2.45) is 29.6 Å². The number of nitrogens with zero attached hydrogens (tertiary/aromatic N) is 2. The number of aromatic amines is 1. The molecule has 8 saturated heterocycles. The molecule has 1 unspecified atom stereocenters. The quantitative estimate of drug-likeness (QED) is 0.0337. The first-order chi connectivity index (χ1) is 49.4. The second kappa shape index (κ2) is 40.7. The summed E-state index contributed by atoms with van der Waals surface area (Å²) in [6.45, 7) is 47.5. The van der Waals surface area contributed by atoms with Crippen LogP contribution in [0, 0.1) is 47.8 Å². The van der Waals surface area contributed by atoms with E-state index in [2.05, 4.69) is 36.6 Å². The number of ether oxygens (including phenoxy) is 14. The van der Waals surface area contributed by atoms with E-state index in [1.165, 1.54) is 58.1 Å². The standard InChI is InChI=1S/C16H24N2O5.C13H22O5.C12H22O3.C11H20O4.C10H18O5.C4H9F3O3SSi.C2H3N.C2H4O2.CH3F/c1-6-16(7-2)10(4)12(22-11(5)19)14(23-16)18-8-9(3)13(20)17-15(18)21;1-6-13(7-2)8(3)11(16-9(4)14)12(18-13)17-10(5)15;1-6-12(7-2)8(3)9-10(15-12)14-11(4,5)13-9;1-5-11(6-12)7(2)8-9(15-11)14-10(3,4)13-8;1-6-7-8(14-9(2,3)13-7)15-10(6,4-11)5-12;1-12(2,3)10-11(8,9)4(5,6)7;1-2-3;1-2(3)4;1-2/h8,10,12,14H,6-7H2,1-5H3,(H,17,20,21);8,11-12H,6-7H2,1-5H3;8-10H,6-7H2,1-5H3;7-9,12H,5-6H2,1-4H3;6-8,11-12H,4-5H2,1-3H3;1-3H3;1H3;1H3,(H,3,4);1H3/t10-,12+,14+;8-,11+,12?;8-,9+,10-;7-,8+,9-,11-;6-,7+,8-;;;;/m00000..../s1/i;;;;;;;;1D. The number of esters is 3. The number of nitrogens with one attached hydrogen (secondary N) is 1. The van der Waals surface area contributed by atoms with Crippen molar-refractivity contribution in [3.05, 3.63) is 32.6 Å². The van der Waals surface area contributed by atoms with Crippen LogP contribution in [0.3, 0.4) is 0 Å². The van der Waals surface area contributed by atoms with Crippen molar-refractivity contribution in [2.75, 3.05) is 27.0 Å². The number of carbonyl (C=O) groups is 4. The van der Waals surface area contributed by atoms with Crippen molar-refractivity contribution < 1.29 is 137 Å². The Morgan fingerprint density at radius 1 is 0.579 bits per heavy atom. The first kappa shape index (κ1) is 98.4. The maximum atomic E-state index is 12.2. The van der Waals surface area contributed by atoms with Crippen LogP contribution in [0.5, 0.6) is 0 Å². The minimum atomic E-state index is -5.39. The lowest BCUT2D eigenvalue weighted by molar-refractivity contribution is -0.244.